The largest absolute Gasteiger partial charge is 0.406 e. The van der Waals surface area contributed by atoms with Crippen LogP contribution in [0.25, 0.3) is 0 Å². The summed E-state index contributed by atoms with van der Waals surface area (Å²) >= 11 is 0. The third kappa shape index (κ3) is 6.21. The zero-order chi connectivity index (χ0) is 20.1. The van der Waals surface area contributed by atoms with Crippen LogP contribution in [0.3, 0.4) is 0 Å². The zero-order valence-electron chi connectivity index (χ0n) is 15.3. The Morgan fingerprint density at radius 1 is 1.15 bits per heavy atom. The standard InChI is InChI=1S/C18H25F3N2O3S/c1-2-11-22(14-18(19,20)21)17(24)10-7-15-5-8-16(9-6-15)27(25,26)23-12-3-4-13-23/h5-6,8-9H,2-4,7,10-14H2,1H3. The van der Waals surface area contributed by atoms with Crippen LogP contribution < -0.4 is 0 Å². The number of rotatable bonds is 8. The lowest BCUT2D eigenvalue weighted by Gasteiger charge is -2.23. The van der Waals surface area contributed by atoms with Gasteiger partial charge < -0.3 is 4.90 Å². The molecule has 1 aromatic rings. The van der Waals surface area contributed by atoms with Crippen molar-refractivity contribution in [3.8, 4) is 0 Å². The number of nitrogens with zero attached hydrogens (tertiary/aromatic N) is 2. The van der Waals surface area contributed by atoms with Crippen LogP contribution in [0.1, 0.15) is 38.2 Å². The average molecular weight is 406 g/mol. The molecular formula is C18H25F3N2O3S. The topological polar surface area (TPSA) is 57.7 Å². The fourth-order valence-electron chi connectivity index (χ4n) is 3.09. The van der Waals surface area contributed by atoms with Gasteiger partial charge in [-0.1, -0.05) is 19.1 Å². The van der Waals surface area contributed by atoms with Gasteiger partial charge in [0.1, 0.15) is 6.54 Å². The molecule has 1 aromatic carbocycles. The van der Waals surface area contributed by atoms with Crippen LogP contribution in [0.2, 0.25) is 0 Å². The zero-order valence-corrected chi connectivity index (χ0v) is 16.2. The van der Waals surface area contributed by atoms with E-state index in [2.05, 4.69) is 0 Å². The molecule has 1 aliphatic heterocycles. The molecule has 0 N–H and O–H groups in total. The maximum atomic E-state index is 12.6. The van der Waals surface area contributed by atoms with Crippen molar-refractivity contribution < 1.29 is 26.4 Å². The number of alkyl halides is 3. The van der Waals surface area contributed by atoms with E-state index >= 15 is 0 Å². The smallest absolute Gasteiger partial charge is 0.334 e. The molecule has 0 radical (unpaired) electrons. The van der Waals surface area contributed by atoms with Gasteiger partial charge in [0.05, 0.1) is 4.90 Å². The molecule has 0 unspecified atom stereocenters. The molecule has 0 atom stereocenters. The van der Waals surface area contributed by atoms with E-state index in [1.165, 1.54) is 16.4 Å². The van der Waals surface area contributed by atoms with Gasteiger partial charge in [-0.2, -0.15) is 17.5 Å². The Labute approximate surface area is 158 Å². The highest BCUT2D eigenvalue weighted by atomic mass is 32.2. The number of sulfonamides is 1. The van der Waals surface area contributed by atoms with E-state index in [4.69, 9.17) is 0 Å². The summed E-state index contributed by atoms with van der Waals surface area (Å²) in [6, 6.07) is 6.22. The highest BCUT2D eigenvalue weighted by Crippen LogP contribution is 2.22. The maximum Gasteiger partial charge on any atom is 0.406 e. The minimum absolute atomic E-state index is 0.0473. The summed E-state index contributed by atoms with van der Waals surface area (Å²) in [7, 11) is -3.49. The molecule has 1 amide bonds. The van der Waals surface area contributed by atoms with Gasteiger partial charge in [-0.05, 0) is 43.4 Å². The van der Waals surface area contributed by atoms with Gasteiger partial charge in [0.15, 0.2) is 0 Å². The molecule has 5 nitrogen and oxygen atoms in total. The number of halogens is 3. The molecule has 2 rings (SSSR count). The van der Waals surface area contributed by atoms with Gasteiger partial charge in [0, 0.05) is 26.1 Å². The van der Waals surface area contributed by atoms with Crippen molar-refractivity contribution in [1.82, 2.24) is 9.21 Å². The molecule has 0 aliphatic carbocycles. The number of benzene rings is 1. The first-order valence-electron chi connectivity index (χ1n) is 9.07. The number of aryl methyl sites for hydroxylation is 1. The van der Waals surface area contributed by atoms with Gasteiger partial charge in [0.25, 0.3) is 0 Å². The van der Waals surface area contributed by atoms with Crippen LogP contribution in [0.5, 0.6) is 0 Å². The molecule has 0 aromatic heterocycles. The number of carbonyl (C=O) groups excluding carboxylic acids is 1. The van der Waals surface area contributed by atoms with Gasteiger partial charge in [0.2, 0.25) is 15.9 Å². The molecule has 1 fully saturated rings. The van der Waals surface area contributed by atoms with Gasteiger partial charge in [-0.15, -0.1) is 0 Å². The Bertz CT molecular complexity index is 727. The van der Waals surface area contributed by atoms with Crippen LogP contribution in [-0.2, 0) is 21.2 Å². The monoisotopic (exact) mass is 406 g/mol. The minimum Gasteiger partial charge on any atom is -0.334 e. The van der Waals surface area contributed by atoms with Gasteiger partial charge in [-0.25, -0.2) is 8.42 Å². The second-order valence-electron chi connectivity index (χ2n) is 6.69. The van der Waals surface area contributed by atoms with E-state index in [1.54, 1.807) is 19.1 Å². The average Bonchev–Trinajstić information content (AvgIpc) is 3.14. The molecule has 27 heavy (non-hydrogen) atoms. The molecule has 0 spiro atoms. The predicted octanol–water partition coefficient (Wildman–Crippen LogP) is 3.20. The SMILES string of the molecule is CCCN(CC(F)(F)F)C(=O)CCc1ccc(S(=O)(=O)N2CCCC2)cc1. The quantitative estimate of drug-likeness (QED) is 0.666. The molecule has 0 saturated carbocycles. The molecule has 1 aliphatic rings. The summed E-state index contributed by atoms with van der Waals surface area (Å²) in [5.74, 6) is -0.553. The first-order valence-corrected chi connectivity index (χ1v) is 10.5. The van der Waals surface area contributed by atoms with Gasteiger partial charge >= 0.3 is 6.18 Å². The van der Waals surface area contributed by atoms with Crippen molar-refractivity contribution in [1.29, 1.82) is 0 Å². The normalized spacial score (nSPS) is 15.9. The Balaban J connectivity index is 1.96. The fourth-order valence-corrected chi connectivity index (χ4v) is 4.61. The third-order valence-corrected chi connectivity index (χ3v) is 6.38. The summed E-state index contributed by atoms with van der Waals surface area (Å²) < 4.78 is 64.1. The minimum atomic E-state index is -4.42. The first-order chi connectivity index (χ1) is 12.6. The van der Waals surface area contributed by atoms with E-state index in [1.807, 2.05) is 0 Å². The first kappa shape index (κ1) is 21.7. The number of carbonyl (C=O) groups is 1. The Morgan fingerprint density at radius 3 is 2.26 bits per heavy atom. The summed E-state index contributed by atoms with van der Waals surface area (Å²) in [5.41, 5.74) is 0.715. The van der Waals surface area contributed by atoms with E-state index in [-0.39, 0.29) is 24.3 Å². The second kappa shape index (κ2) is 9.05. The third-order valence-electron chi connectivity index (χ3n) is 4.47. The van der Waals surface area contributed by atoms with Gasteiger partial charge in [-0.3, -0.25) is 4.79 Å². The molecule has 1 heterocycles. The Morgan fingerprint density at radius 2 is 1.74 bits per heavy atom. The summed E-state index contributed by atoms with van der Waals surface area (Å²) in [6.07, 6.45) is -2.05. The molecular weight excluding hydrogens is 381 g/mol. The number of hydrogen-bond donors (Lipinski definition) is 0. The van der Waals surface area contributed by atoms with Crippen molar-refractivity contribution in [2.45, 2.75) is 50.1 Å². The fraction of sp³-hybridized carbons (Fsp3) is 0.611. The lowest BCUT2D eigenvalue weighted by Crippen LogP contribution is -2.39. The highest BCUT2D eigenvalue weighted by molar-refractivity contribution is 7.89. The van der Waals surface area contributed by atoms with Crippen molar-refractivity contribution in [3.05, 3.63) is 29.8 Å². The Hall–Kier alpha value is -1.61. The number of amides is 1. The number of hydrogen-bond acceptors (Lipinski definition) is 3. The second-order valence-corrected chi connectivity index (χ2v) is 8.62. The summed E-state index contributed by atoms with van der Waals surface area (Å²) in [6.45, 7) is 1.57. The molecule has 152 valence electrons. The summed E-state index contributed by atoms with van der Waals surface area (Å²) in [5, 5.41) is 0. The van der Waals surface area contributed by atoms with Crippen LogP contribution >= 0.6 is 0 Å². The highest BCUT2D eigenvalue weighted by Gasteiger charge is 2.32. The molecule has 9 heteroatoms. The predicted molar refractivity (Wildman–Crippen MR) is 95.7 cm³/mol. The maximum absolute atomic E-state index is 12.6. The summed E-state index contributed by atoms with van der Waals surface area (Å²) in [4.78, 5) is 13.1. The van der Waals surface area contributed by atoms with Crippen molar-refractivity contribution in [3.63, 3.8) is 0 Å². The van der Waals surface area contributed by atoms with Crippen LogP contribution in [-0.4, -0.2) is 55.9 Å². The van der Waals surface area contributed by atoms with Crippen molar-refractivity contribution in [2.75, 3.05) is 26.2 Å². The lowest BCUT2D eigenvalue weighted by molar-refractivity contribution is -0.161. The van der Waals surface area contributed by atoms with Crippen LogP contribution in [0.4, 0.5) is 13.2 Å². The molecule has 1 saturated heterocycles. The van der Waals surface area contributed by atoms with E-state index < -0.39 is 28.7 Å². The lowest BCUT2D eigenvalue weighted by atomic mass is 10.1. The van der Waals surface area contributed by atoms with Crippen molar-refractivity contribution in [2.24, 2.45) is 0 Å². The van der Waals surface area contributed by atoms with Crippen LogP contribution in [0.15, 0.2) is 29.2 Å². The van der Waals surface area contributed by atoms with E-state index in [0.29, 0.717) is 25.1 Å². The van der Waals surface area contributed by atoms with E-state index in [9.17, 15) is 26.4 Å². The van der Waals surface area contributed by atoms with E-state index in [0.717, 1.165) is 17.7 Å². The van der Waals surface area contributed by atoms with Crippen LogP contribution in [0, 0.1) is 0 Å². The van der Waals surface area contributed by atoms with Crippen molar-refractivity contribution >= 4 is 15.9 Å². The Kier molecular flexibility index (Phi) is 7.27. The molecule has 0 bridgehead atoms.